The maximum absolute atomic E-state index is 12.0. The number of carbonyl (C=O) groups is 1. The molecule has 0 fully saturated rings. The summed E-state index contributed by atoms with van der Waals surface area (Å²) in [6.07, 6.45) is 0.972. The van der Waals surface area contributed by atoms with Gasteiger partial charge in [0.2, 0.25) is 11.7 Å². The summed E-state index contributed by atoms with van der Waals surface area (Å²) in [4.78, 5) is 13.3. The number of tetrazole rings is 1. The van der Waals surface area contributed by atoms with Crippen molar-refractivity contribution in [1.29, 1.82) is 0 Å². The largest absolute Gasteiger partial charge is 0.324 e. The van der Waals surface area contributed by atoms with Crippen molar-refractivity contribution in [3.8, 4) is 11.4 Å². The summed E-state index contributed by atoms with van der Waals surface area (Å²) in [5.74, 6) is 0.317. The van der Waals surface area contributed by atoms with Crippen molar-refractivity contribution in [2.45, 2.75) is 19.9 Å². The molecule has 0 spiro atoms. The van der Waals surface area contributed by atoms with Crippen LogP contribution in [-0.4, -0.2) is 26.1 Å². The van der Waals surface area contributed by atoms with Gasteiger partial charge in [-0.15, -0.1) is 10.2 Å². The quantitative estimate of drug-likeness (QED) is 0.786. The van der Waals surface area contributed by atoms with Gasteiger partial charge in [-0.05, 0) is 29.3 Å². The summed E-state index contributed by atoms with van der Waals surface area (Å²) < 4.78 is 0. The third kappa shape index (κ3) is 3.79. The van der Waals surface area contributed by atoms with Crippen molar-refractivity contribution in [3.05, 3.63) is 60.2 Å². The van der Waals surface area contributed by atoms with Crippen LogP contribution in [0, 0.1) is 0 Å². The zero-order valence-corrected chi connectivity index (χ0v) is 12.8. The van der Waals surface area contributed by atoms with Crippen molar-refractivity contribution in [1.82, 2.24) is 20.2 Å². The lowest BCUT2D eigenvalue weighted by molar-refractivity contribution is -0.117. The van der Waals surface area contributed by atoms with Crippen LogP contribution < -0.4 is 5.32 Å². The fourth-order valence-electron chi connectivity index (χ4n) is 2.17. The van der Waals surface area contributed by atoms with E-state index in [-0.39, 0.29) is 12.5 Å². The highest BCUT2D eigenvalue weighted by Crippen LogP contribution is 2.12. The average Bonchev–Trinajstić information content (AvgIpc) is 3.04. The van der Waals surface area contributed by atoms with Crippen molar-refractivity contribution in [3.63, 3.8) is 0 Å². The molecule has 0 aliphatic rings. The maximum atomic E-state index is 12.0. The molecule has 6 nitrogen and oxygen atoms in total. The van der Waals surface area contributed by atoms with Crippen molar-refractivity contribution >= 4 is 11.6 Å². The van der Waals surface area contributed by atoms with Gasteiger partial charge in [-0.25, -0.2) is 0 Å². The molecule has 0 saturated heterocycles. The van der Waals surface area contributed by atoms with Crippen molar-refractivity contribution in [2.75, 3.05) is 5.32 Å². The van der Waals surface area contributed by atoms with Crippen LogP contribution in [0.25, 0.3) is 11.4 Å². The summed E-state index contributed by atoms with van der Waals surface area (Å²) >= 11 is 0. The topological polar surface area (TPSA) is 72.7 Å². The van der Waals surface area contributed by atoms with Crippen LogP contribution in [0.3, 0.4) is 0 Å². The molecule has 116 valence electrons. The average molecular weight is 307 g/mol. The van der Waals surface area contributed by atoms with Gasteiger partial charge in [-0.2, -0.15) is 4.80 Å². The number of benzene rings is 2. The monoisotopic (exact) mass is 307 g/mol. The zero-order chi connectivity index (χ0) is 16.1. The second-order valence-electron chi connectivity index (χ2n) is 5.11. The van der Waals surface area contributed by atoms with Gasteiger partial charge in [0.25, 0.3) is 0 Å². The number of aryl methyl sites for hydroxylation is 1. The van der Waals surface area contributed by atoms with Gasteiger partial charge >= 0.3 is 0 Å². The Balaban J connectivity index is 1.63. The van der Waals surface area contributed by atoms with E-state index in [1.807, 2.05) is 54.6 Å². The lowest BCUT2D eigenvalue weighted by Crippen LogP contribution is -2.20. The fraction of sp³-hybridized carbons (Fsp3) is 0.176. The number of rotatable bonds is 5. The van der Waals surface area contributed by atoms with Crippen LogP contribution in [-0.2, 0) is 17.8 Å². The molecule has 0 aliphatic carbocycles. The molecule has 6 heteroatoms. The SMILES string of the molecule is CCc1ccc(NC(=O)Cn2nnc(-c3ccccc3)n2)cc1. The van der Waals surface area contributed by atoms with E-state index in [0.717, 1.165) is 17.7 Å². The number of nitrogens with zero attached hydrogens (tertiary/aromatic N) is 4. The van der Waals surface area contributed by atoms with E-state index in [2.05, 4.69) is 27.7 Å². The summed E-state index contributed by atoms with van der Waals surface area (Å²) in [5, 5.41) is 14.9. The Hall–Kier alpha value is -3.02. The normalized spacial score (nSPS) is 10.5. The Bertz CT molecular complexity index is 780. The van der Waals surface area contributed by atoms with Crippen LogP contribution in [0.1, 0.15) is 12.5 Å². The molecule has 0 radical (unpaired) electrons. The van der Waals surface area contributed by atoms with Crippen molar-refractivity contribution < 1.29 is 4.79 Å². The molecule has 1 heterocycles. The highest BCUT2D eigenvalue weighted by molar-refractivity contribution is 5.90. The van der Waals surface area contributed by atoms with Gasteiger partial charge in [0, 0.05) is 11.3 Å². The first kappa shape index (κ1) is 14.9. The molecule has 0 atom stereocenters. The van der Waals surface area contributed by atoms with Crippen LogP contribution in [0.2, 0.25) is 0 Å². The highest BCUT2D eigenvalue weighted by Gasteiger charge is 2.09. The zero-order valence-electron chi connectivity index (χ0n) is 12.8. The number of carbonyl (C=O) groups excluding carboxylic acids is 1. The molecular weight excluding hydrogens is 290 g/mol. The first-order valence-electron chi connectivity index (χ1n) is 7.46. The fourth-order valence-corrected chi connectivity index (χ4v) is 2.17. The summed E-state index contributed by atoms with van der Waals surface area (Å²) in [7, 11) is 0. The predicted octanol–water partition coefficient (Wildman–Crippen LogP) is 2.54. The van der Waals surface area contributed by atoms with Gasteiger partial charge in [-0.1, -0.05) is 49.4 Å². The van der Waals surface area contributed by atoms with Crippen molar-refractivity contribution in [2.24, 2.45) is 0 Å². The molecule has 1 aromatic heterocycles. The smallest absolute Gasteiger partial charge is 0.248 e. The predicted molar refractivity (Wildman–Crippen MR) is 87.7 cm³/mol. The summed E-state index contributed by atoms with van der Waals surface area (Å²) in [6, 6.07) is 17.3. The van der Waals surface area contributed by atoms with Crippen LogP contribution in [0.15, 0.2) is 54.6 Å². The number of nitrogens with one attached hydrogen (secondary N) is 1. The van der Waals surface area contributed by atoms with Gasteiger partial charge in [0.1, 0.15) is 6.54 Å². The van der Waals surface area contributed by atoms with Crippen LogP contribution in [0.5, 0.6) is 0 Å². The molecule has 3 aromatic rings. The first-order valence-corrected chi connectivity index (χ1v) is 7.46. The Labute approximate surface area is 134 Å². The Morgan fingerprint density at radius 2 is 1.83 bits per heavy atom. The van der Waals surface area contributed by atoms with Crippen LogP contribution in [0.4, 0.5) is 5.69 Å². The standard InChI is InChI=1S/C17H17N5O/c1-2-13-8-10-15(11-9-13)18-16(23)12-22-20-17(19-21-22)14-6-4-3-5-7-14/h3-11H,2,12H2,1H3,(H,18,23). The number of amides is 1. The van der Waals surface area contributed by atoms with Gasteiger partial charge in [-0.3, -0.25) is 4.79 Å². The van der Waals surface area contributed by atoms with E-state index >= 15 is 0 Å². The second kappa shape index (κ2) is 6.83. The molecule has 23 heavy (non-hydrogen) atoms. The van der Waals surface area contributed by atoms with Gasteiger partial charge in [0.05, 0.1) is 0 Å². The maximum Gasteiger partial charge on any atom is 0.248 e. The van der Waals surface area contributed by atoms with E-state index in [4.69, 9.17) is 0 Å². The molecule has 1 N–H and O–H groups in total. The minimum absolute atomic E-state index is 0.0232. The number of anilines is 1. The number of aromatic nitrogens is 4. The number of hydrogen-bond donors (Lipinski definition) is 1. The molecular formula is C17H17N5O. The Morgan fingerprint density at radius 1 is 1.09 bits per heavy atom. The van der Waals surface area contributed by atoms with E-state index in [1.54, 1.807) is 0 Å². The third-order valence-corrected chi connectivity index (χ3v) is 3.42. The molecule has 2 aromatic carbocycles. The molecule has 0 bridgehead atoms. The highest BCUT2D eigenvalue weighted by atomic mass is 16.2. The van der Waals surface area contributed by atoms with E-state index in [9.17, 15) is 4.79 Å². The van der Waals surface area contributed by atoms with E-state index in [1.165, 1.54) is 10.4 Å². The van der Waals surface area contributed by atoms with Gasteiger partial charge in [0.15, 0.2) is 0 Å². The lowest BCUT2D eigenvalue weighted by atomic mass is 10.1. The first-order chi connectivity index (χ1) is 11.2. The number of hydrogen-bond acceptors (Lipinski definition) is 4. The summed E-state index contributed by atoms with van der Waals surface area (Å²) in [5.41, 5.74) is 2.86. The lowest BCUT2D eigenvalue weighted by Gasteiger charge is -2.05. The minimum atomic E-state index is -0.189. The Kier molecular flexibility index (Phi) is 4.42. The van der Waals surface area contributed by atoms with E-state index < -0.39 is 0 Å². The molecule has 3 rings (SSSR count). The van der Waals surface area contributed by atoms with E-state index in [0.29, 0.717) is 5.82 Å². The summed E-state index contributed by atoms with van der Waals surface area (Å²) in [6.45, 7) is 2.11. The third-order valence-electron chi connectivity index (χ3n) is 3.42. The molecule has 1 amide bonds. The minimum Gasteiger partial charge on any atom is -0.324 e. The van der Waals surface area contributed by atoms with Gasteiger partial charge < -0.3 is 5.32 Å². The molecule has 0 saturated carbocycles. The second-order valence-corrected chi connectivity index (χ2v) is 5.11. The Morgan fingerprint density at radius 3 is 2.52 bits per heavy atom. The molecule has 0 unspecified atom stereocenters. The molecule has 0 aliphatic heterocycles. The van der Waals surface area contributed by atoms with Crippen LogP contribution >= 0.6 is 0 Å².